The number of anilines is 2. The van der Waals surface area contributed by atoms with E-state index in [1.54, 1.807) is 6.92 Å². The number of carbonyl (C=O) groups is 1. The molecule has 1 rings (SSSR count). The van der Waals surface area contributed by atoms with Crippen LogP contribution in [0.1, 0.15) is 24.2 Å². The summed E-state index contributed by atoms with van der Waals surface area (Å²) >= 11 is 0. The van der Waals surface area contributed by atoms with Gasteiger partial charge in [-0.2, -0.15) is 13.2 Å². The van der Waals surface area contributed by atoms with Gasteiger partial charge < -0.3 is 10.6 Å². The first-order valence-corrected chi connectivity index (χ1v) is 5.46. The Morgan fingerprint density at radius 2 is 2.00 bits per heavy atom. The van der Waals surface area contributed by atoms with Gasteiger partial charge in [0.2, 0.25) is 0 Å². The van der Waals surface area contributed by atoms with Crippen LogP contribution in [-0.4, -0.2) is 25.0 Å². The SMILES string of the molecule is CCN(CC(F)(F)F)c1ccc(C(C)=O)c(N)c1. The molecular formula is C12H15F3N2O. The third-order valence-corrected chi connectivity index (χ3v) is 2.53. The van der Waals surface area contributed by atoms with Crippen LogP contribution in [0.2, 0.25) is 0 Å². The van der Waals surface area contributed by atoms with Crippen LogP contribution in [0.25, 0.3) is 0 Å². The third-order valence-electron chi connectivity index (χ3n) is 2.53. The van der Waals surface area contributed by atoms with E-state index in [0.717, 1.165) is 4.90 Å². The highest BCUT2D eigenvalue weighted by Gasteiger charge is 2.30. The van der Waals surface area contributed by atoms with Gasteiger partial charge in [-0.15, -0.1) is 0 Å². The number of benzene rings is 1. The lowest BCUT2D eigenvalue weighted by Gasteiger charge is -2.25. The minimum Gasteiger partial charge on any atom is -0.398 e. The lowest BCUT2D eigenvalue weighted by molar-refractivity contribution is -0.119. The molecule has 100 valence electrons. The highest BCUT2D eigenvalue weighted by molar-refractivity contribution is 5.99. The first-order chi connectivity index (χ1) is 8.24. The van der Waals surface area contributed by atoms with Crippen LogP contribution in [-0.2, 0) is 0 Å². The Kier molecular flexibility index (Phi) is 4.21. The molecule has 0 heterocycles. The highest BCUT2D eigenvalue weighted by Crippen LogP contribution is 2.25. The van der Waals surface area contributed by atoms with Gasteiger partial charge in [-0.3, -0.25) is 4.79 Å². The van der Waals surface area contributed by atoms with E-state index in [9.17, 15) is 18.0 Å². The molecule has 0 saturated carbocycles. The molecule has 0 aliphatic heterocycles. The summed E-state index contributed by atoms with van der Waals surface area (Å²) in [6.07, 6.45) is -4.27. The lowest BCUT2D eigenvalue weighted by Crippen LogP contribution is -2.34. The number of halogens is 3. The van der Waals surface area contributed by atoms with E-state index >= 15 is 0 Å². The van der Waals surface area contributed by atoms with Crippen molar-refractivity contribution in [2.24, 2.45) is 0 Å². The van der Waals surface area contributed by atoms with Crippen molar-refractivity contribution in [3.05, 3.63) is 23.8 Å². The second-order valence-electron chi connectivity index (χ2n) is 3.96. The largest absolute Gasteiger partial charge is 0.405 e. The molecule has 0 unspecified atom stereocenters. The van der Waals surface area contributed by atoms with Crippen molar-refractivity contribution in [2.75, 3.05) is 23.7 Å². The molecular weight excluding hydrogens is 245 g/mol. The first kappa shape index (κ1) is 14.3. The molecule has 0 amide bonds. The molecule has 0 atom stereocenters. The molecule has 6 heteroatoms. The average Bonchev–Trinajstić information content (AvgIpc) is 2.24. The third kappa shape index (κ3) is 3.65. The number of nitrogens with zero attached hydrogens (tertiary/aromatic N) is 1. The molecule has 3 nitrogen and oxygen atoms in total. The number of Topliss-reactive ketones (excluding diaryl/α,β-unsaturated/α-hetero) is 1. The Morgan fingerprint density at radius 3 is 2.39 bits per heavy atom. The van der Waals surface area contributed by atoms with Crippen LogP contribution < -0.4 is 10.6 Å². The Hall–Kier alpha value is -1.72. The number of hydrogen-bond donors (Lipinski definition) is 1. The van der Waals surface area contributed by atoms with Gasteiger partial charge >= 0.3 is 6.18 Å². The number of carbonyl (C=O) groups excluding carboxylic acids is 1. The van der Waals surface area contributed by atoms with Crippen molar-refractivity contribution >= 4 is 17.2 Å². The second kappa shape index (κ2) is 5.29. The van der Waals surface area contributed by atoms with Crippen molar-refractivity contribution in [3.63, 3.8) is 0 Å². The molecule has 1 aromatic carbocycles. The summed E-state index contributed by atoms with van der Waals surface area (Å²) in [5.41, 5.74) is 6.52. The standard InChI is InChI=1S/C12H15F3N2O/c1-3-17(7-12(13,14)15)9-4-5-10(8(2)18)11(16)6-9/h4-6H,3,7,16H2,1-2H3. The fraction of sp³-hybridized carbons (Fsp3) is 0.417. The number of nitrogens with two attached hydrogens (primary N) is 1. The molecule has 18 heavy (non-hydrogen) atoms. The molecule has 0 aromatic heterocycles. The predicted octanol–water partition coefficient (Wildman–Crippen LogP) is 2.86. The minimum absolute atomic E-state index is 0.195. The lowest BCUT2D eigenvalue weighted by atomic mass is 10.1. The molecule has 0 saturated heterocycles. The van der Waals surface area contributed by atoms with Gasteiger partial charge in [0, 0.05) is 23.5 Å². The molecule has 0 aliphatic carbocycles. The smallest absolute Gasteiger partial charge is 0.398 e. The van der Waals surface area contributed by atoms with Crippen LogP contribution in [0.15, 0.2) is 18.2 Å². The maximum Gasteiger partial charge on any atom is 0.405 e. The number of alkyl halides is 3. The van der Waals surface area contributed by atoms with Crippen LogP contribution in [0.4, 0.5) is 24.5 Å². The van der Waals surface area contributed by atoms with E-state index in [1.807, 2.05) is 0 Å². The fourth-order valence-corrected chi connectivity index (χ4v) is 1.67. The van der Waals surface area contributed by atoms with Crippen molar-refractivity contribution in [3.8, 4) is 0 Å². The summed E-state index contributed by atoms with van der Waals surface area (Å²) in [7, 11) is 0. The number of hydrogen-bond acceptors (Lipinski definition) is 3. The molecule has 0 spiro atoms. The minimum atomic E-state index is -4.27. The van der Waals surface area contributed by atoms with Crippen molar-refractivity contribution in [1.29, 1.82) is 0 Å². The van der Waals surface area contributed by atoms with Crippen molar-refractivity contribution < 1.29 is 18.0 Å². The van der Waals surface area contributed by atoms with Gasteiger partial charge in [0.05, 0.1) is 0 Å². The summed E-state index contributed by atoms with van der Waals surface area (Å²) in [4.78, 5) is 12.3. The van der Waals surface area contributed by atoms with Crippen LogP contribution >= 0.6 is 0 Å². The highest BCUT2D eigenvalue weighted by atomic mass is 19.4. The van der Waals surface area contributed by atoms with E-state index in [-0.39, 0.29) is 18.0 Å². The van der Waals surface area contributed by atoms with E-state index in [0.29, 0.717) is 11.3 Å². The first-order valence-electron chi connectivity index (χ1n) is 5.46. The summed E-state index contributed by atoms with van der Waals surface area (Å²) < 4.78 is 37.1. The van der Waals surface area contributed by atoms with Crippen LogP contribution in [0, 0.1) is 0 Å². The van der Waals surface area contributed by atoms with E-state index in [1.165, 1.54) is 25.1 Å². The van der Waals surface area contributed by atoms with Crippen LogP contribution in [0.3, 0.4) is 0 Å². The summed E-state index contributed by atoms with van der Waals surface area (Å²) in [5, 5.41) is 0. The summed E-state index contributed by atoms with van der Waals surface area (Å²) in [5.74, 6) is -0.210. The molecule has 0 bridgehead atoms. The Morgan fingerprint density at radius 1 is 1.39 bits per heavy atom. The van der Waals surface area contributed by atoms with Gasteiger partial charge in [-0.1, -0.05) is 0 Å². The zero-order valence-corrected chi connectivity index (χ0v) is 10.2. The average molecular weight is 260 g/mol. The second-order valence-corrected chi connectivity index (χ2v) is 3.96. The van der Waals surface area contributed by atoms with Gasteiger partial charge in [0.15, 0.2) is 5.78 Å². The predicted molar refractivity (Wildman–Crippen MR) is 64.8 cm³/mol. The molecule has 1 aromatic rings. The molecule has 0 radical (unpaired) electrons. The number of nitrogen functional groups attached to an aromatic ring is 1. The topological polar surface area (TPSA) is 46.3 Å². The van der Waals surface area contributed by atoms with Crippen LogP contribution in [0.5, 0.6) is 0 Å². The number of ketones is 1. The normalized spacial score (nSPS) is 11.4. The zero-order chi connectivity index (χ0) is 13.9. The Balaban J connectivity index is 3.01. The van der Waals surface area contributed by atoms with Gasteiger partial charge in [0.1, 0.15) is 6.54 Å². The van der Waals surface area contributed by atoms with E-state index in [2.05, 4.69) is 0 Å². The van der Waals surface area contributed by atoms with Gasteiger partial charge in [-0.05, 0) is 32.0 Å². The molecule has 2 N–H and O–H groups in total. The molecule has 0 aliphatic rings. The van der Waals surface area contributed by atoms with E-state index < -0.39 is 12.7 Å². The molecule has 0 fully saturated rings. The maximum absolute atomic E-state index is 12.4. The summed E-state index contributed by atoms with van der Waals surface area (Å²) in [6.45, 7) is 2.15. The van der Waals surface area contributed by atoms with Crippen molar-refractivity contribution in [2.45, 2.75) is 20.0 Å². The van der Waals surface area contributed by atoms with E-state index in [4.69, 9.17) is 5.73 Å². The summed E-state index contributed by atoms with van der Waals surface area (Å²) in [6, 6.07) is 4.32. The Bertz CT molecular complexity index is 443. The maximum atomic E-state index is 12.4. The van der Waals surface area contributed by atoms with Gasteiger partial charge in [0.25, 0.3) is 0 Å². The monoisotopic (exact) mass is 260 g/mol. The van der Waals surface area contributed by atoms with Crippen molar-refractivity contribution in [1.82, 2.24) is 0 Å². The zero-order valence-electron chi connectivity index (χ0n) is 10.2. The fourth-order valence-electron chi connectivity index (χ4n) is 1.67. The Labute approximate surface area is 103 Å². The van der Waals surface area contributed by atoms with Gasteiger partial charge in [-0.25, -0.2) is 0 Å². The number of rotatable bonds is 4. The quantitative estimate of drug-likeness (QED) is 0.669.